The summed E-state index contributed by atoms with van der Waals surface area (Å²) in [5.41, 5.74) is 2.16. The van der Waals surface area contributed by atoms with E-state index in [-0.39, 0.29) is 11.4 Å². The summed E-state index contributed by atoms with van der Waals surface area (Å²) in [5.74, 6) is -0.319. The van der Waals surface area contributed by atoms with Crippen molar-refractivity contribution in [3.8, 4) is 0 Å². The number of carbonyl (C=O) groups excluding carboxylic acids is 1. The molecule has 1 heterocycles. The molecule has 0 bridgehead atoms. The highest BCUT2D eigenvalue weighted by Crippen LogP contribution is 2.34. The molecule has 0 radical (unpaired) electrons. The Morgan fingerprint density at radius 1 is 1.32 bits per heavy atom. The molecule has 6 heteroatoms. The van der Waals surface area contributed by atoms with Crippen LogP contribution in [0, 0.1) is 0 Å². The summed E-state index contributed by atoms with van der Waals surface area (Å²) >= 11 is 6.45. The van der Waals surface area contributed by atoms with Gasteiger partial charge in [-0.25, -0.2) is 4.79 Å². The third-order valence-electron chi connectivity index (χ3n) is 3.10. The van der Waals surface area contributed by atoms with E-state index in [0.717, 1.165) is 15.1 Å². The summed E-state index contributed by atoms with van der Waals surface area (Å²) in [6.45, 7) is 6.56. The van der Waals surface area contributed by atoms with E-state index in [1.54, 1.807) is 0 Å². The fourth-order valence-corrected chi connectivity index (χ4v) is 3.94. The summed E-state index contributed by atoms with van der Waals surface area (Å²) in [6.07, 6.45) is 0. The fourth-order valence-electron chi connectivity index (χ4n) is 1.80. The van der Waals surface area contributed by atoms with Gasteiger partial charge in [0, 0.05) is 9.37 Å². The zero-order chi connectivity index (χ0) is 16.3. The number of thiophene rings is 1. The fraction of sp³-hybridized carbons (Fsp3) is 0.312. The van der Waals surface area contributed by atoms with Crippen LogP contribution in [0.5, 0.6) is 0 Å². The second-order valence-electron chi connectivity index (χ2n) is 5.75. The monoisotopic (exact) mass is 399 g/mol. The molecule has 0 saturated heterocycles. The van der Waals surface area contributed by atoms with Gasteiger partial charge in [0.25, 0.3) is 0 Å². The number of hydrogen-bond acceptors (Lipinski definition) is 5. The lowest BCUT2D eigenvalue weighted by molar-refractivity contribution is 0.0607. The van der Waals surface area contributed by atoms with Gasteiger partial charge in [-0.3, -0.25) is 0 Å². The Morgan fingerprint density at radius 3 is 2.64 bits per heavy atom. The molecule has 1 N–H and O–H groups in total. The Bertz CT molecular complexity index is 677. The van der Waals surface area contributed by atoms with Gasteiger partial charge in [0.15, 0.2) is 0 Å². The van der Waals surface area contributed by atoms with Gasteiger partial charge in [0.1, 0.15) is 4.88 Å². The van der Waals surface area contributed by atoms with Crippen molar-refractivity contribution in [2.45, 2.75) is 31.1 Å². The number of methoxy groups -OCH3 is 1. The topological polar surface area (TPSA) is 38.3 Å². The van der Waals surface area contributed by atoms with Crippen LogP contribution in [-0.4, -0.2) is 13.1 Å². The van der Waals surface area contributed by atoms with Gasteiger partial charge < -0.3 is 9.46 Å². The molecule has 0 aliphatic heterocycles. The minimum atomic E-state index is -0.319. The predicted octanol–water partition coefficient (Wildman–Crippen LogP) is 5.71. The highest BCUT2D eigenvalue weighted by atomic mass is 79.9. The summed E-state index contributed by atoms with van der Waals surface area (Å²) in [6, 6.07) is 8.22. The molecule has 0 unspecified atom stereocenters. The summed E-state index contributed by atoms with van der Waals surface area (Å²) in [4.78, 5) is 13.3. The molecule has 0 fully saturated rings. The first-order valence-electron chi connectivity index (χ1n) is 6.71. The Labute approximate surface area is 147 Å². The van der Waals surface area contributed by atoms with E-state index < -0.39 is 0 Å². The van der Waals surface area contributed by atoms with E-state index in [4.69, 9.17) is 4.74 Å². The number of rotatable bonds is 4. The van der Waals surface area contributed by atoms with Crippen LogP contribution in [0.2, 0.25) is 0 Å². The lowest BCUT2D eigenvalue weighted by Crippen LogP contribution is -2.10. The molecule has 2 aromatic rings. The van der Waals surface area contributed by atoms with E-state index >= 15 is 0 Å². The Balaban J connectivity index is 2.13. The molecule has 118 valence electrons. The SMILES string of the molecule is COC(=O)c1sccc1NSc1ccc(C(C)(C)C)cc1Br. The van der Waals surface area contributed by atoms with Crippen molar-refractivity contribution in [2.75, 3.05) is 11.8 Å². The maximum Gasteiger partial charge on any atom is 0.350 e. The van der Waals surface area contributed by atoms with Crippen molar-refractivity contribution in [3.63, 3.8) is 0 Å². The van der Waals surface area contributed by atoms with Gasteiger partial charge in [-0.2, -0.15) is 0 Å². The van der Waals surface area contributed by atoms with Crippen molar-refractivity contribution in [1.29, 1.82) is 0 Å². The van der Waals surface area contributed by atoms with Crippen molar-refractivity contribution < 1.29 is 9.53 Å². The summed E-state index contributed by atoms with van der Waals surface area (Å²) in [7, 11) is 1.39. The molecule has 0 saturated carbocycles. The molecule has 2 rings (SSSR count). The average molecular weight is 400 g/mol. The number of hydrogen-bond donors (Lipinski definition) is 1. The number of esters is 1. The second kappa shape index (κ2) is 7.06. The molecule has 0 spiro atoms. The minimum absolute atomic E-state index is 0.116. The molecule has 1 aromatic carbocycles. The third-order valence-corrected chi connectivity index (χ3v) is 5.82. The van der Waals surface area contributed by atoms with E-state index in [1.807, 2.05) is 11.4 Å². The zero-order valence-corrected chi connectivity index (χ0v) is 16.1. The number of carbonyl (C=O) groups is 1. The lowest BCUT2D eigenvalue weighted by Gasteiger charge is -2.20. The molecule has 3 nitrogen and oxygen atoms in total. The highest BCUT2D eigenvalue weighted by molar-refractivity contribution is 9.10. The molecule has 0 amide bonds. The van der Waals surface area contributed by atoms with Crippen molar-refractivity contribution in [2.24, 2.45) is 0 Å². The highest BCUT2D eigenvalue weighted by Gasteiger charge is 2.16. The van der Waals surface area contributed by atoms with Crippen LogP contribution in [0.25, 0.3) is 0 Å². The van der Waals surface area contributed by atoms with Gasteiger partial charge in [-0.1, -0.05) is 26.8 Å². The summed E-state index contributed by atoms with van der Waals surface area (Å²) < 4.78 is 9.03. The number of ether oxygens (including phenoxy) is 1. The normalized spacial score (nSPS) is 11.3. The third kappa shape index (κ3) is 4.06. The Kier molecular flexibility index (Phi) is 5.58. The van der Waals surface area contributed by atoms with Crippen LogP contribution in [0.15, 0.2) is 39.0 Å². The predicted molar refractivity (Wildman–Crippen MR) is 98.0 cm³/mol. The number of nitrogens with one attached hydrogen (secondary N) is 1. The number of halogens is 1. The smallest absolute Gasteiger partial charge is 0.350 e. The lowest BCUT2D eigenvalue weighted by atomic mass is 9.87. The van der Waals surface area contributed by atoms with Gasteiger partial charge >= 0.3 is 5.97 Å². The van der Waals surface area contributed by atoms with E-state index in [2.05, 4.69) is 59.6 Å². The molecule has 0 aliphatic rings. The Morgan fingerprint density at radius 2 is 2.05 bits per heavy atom. The van der Waals surface area contributed by atoms with Crippen LogP contribution in [0.4, 0.5) is 5.69 Å². The molecular weight excluding hydrogens is 382 g/mol. The van der Waals surface area contributed by atoms with Crippen molar-refractivity contribution in [1.82, 2.24) is 0 Å². The van der Waals surface area contributed by atoms with Gasteiger partial charge in [0.2, 0.25) is 0 Å². The van der Waals surface area contributed by atoms with E-state index in [1.165, 1.54) is 36.0 Å². The largest absolute Gasteiger partial charge is 0.465 e. The van der Waals surface area contributed by atoms with Crippen molar-refractivity contribution >= 4 is 50.9 Å². The first-order chi connectivity index (χ1) is 10.3. The van der Waals surface area contributed by atoms with Gasteiger partial charge in [0.05, 0.1) is 12.8 Å². The second-order valence-corrected chi connectivity index (χ2v) is 8.37. The molecule has 22 heavy (non-hydrogen) atoms. The summed E-state index contributed by atoms with van der Waals surface area (Å²) in [5, 5.41) is 1.87. The van der Waals surface area contributed by atoms with E-state index in [9.17, 15) is 4.79 Å². The van der Waals surface area contributed by atoms with Crippen LogP contribution in [0.1, 0.15) is 36.0 Å². The maximum absolute atomic E-state index is 11.7. The maximum atomic E-state index is 11.7. The molecule has 0 aliphatic carbocycles. The van der Waals surface area contributed by atoms with Gasteiger partial charge in [-0.15, -0.1) is 11.3 Å². The number of benzene rings is 1. The van der Waals surface area contributed by atoms with Crippen LogP contribution >= 0.6 is 39.2 Å². The van der Waals surface area contributed by atoms with Gasteiger partial charge in [-0.05, 0) is 62.4 Å². The van der Waals surface area contributed by atoms with Crippen LogP contribution < -0.4 is 4.72 Å². The first kappa shape index (κ1) is 17.4. The standard InChI is InChI=1S/C16H18BrNO2S2/c1-16(2,3)10-5-6-13(11(17)9-10)22-18-12-7-8-21-14(12)15(19)20-4/h5-9,18H,1-4H3. The molecular formula is C16H18BrNO2S2. The minimum Gasteiger partial charge on any atom is -0.465 e. The van der Waals surface area contributed by atoms with Crippen LogP contribution in [-0.2, 0) is 10.2 Å². The number of anilines is 1. The average Bonchev–Trinajstić information content (AvgIpc) is 2.92. The molecule has 1 aromatic heterocycles. The first-order valence-corrected chi connectivity index (χ1v) is 9.20. The van der Waals surface area contributed by atoms with Crippen molar-refractivity contribution in [3.05, 3.63) is 44.6 Å². The zero-order valence-electron chi connectivity index (χ0n) is 12.9. The van der Waals surface area contributed by atoms with E-state index in [0.29, 0.717) is 4.88 Å². The Hall–Kier alpha value is -0.980. The molecule has 0 atom stereocenters. The van der Waals surface area contributed by atoms with Crippen LogP contribution in [0.3, 0.4) is 0 Å². The quantitative estimate of drug-likeness (QED) is 0.527.